The molecule has 1 saturated heterocycles. The summed E-state index contributed by atoms with van der Waals surface area (Å²) in [5.41, 5.74) is 2.17. The number of carbonyl (C=O) groups excluding carboxylic acids is 1. The number of nitrogens with zero attached hydrogens (tertiary/aromatic N) is 5. The van der Waals surface area contributed by atoms with E-state index >= 15 is 0 Å². The van der Waals surface area contributed by atoms with Crippen LogP contribution in [0.1, 0.15) is 31.2 Å². The van der Waals surface area contributed by atoms with Crippen molar-refractivity contribution in [2.24, 2.45) is 5.92 Å². The van der Waals surface area contributed by atoms with Crippen molar-refractivity contribution in [1.29, 1.82) is 5.26 Å². The highest BCUT2D eigenvalue weighted by Crippen LogP contribution is 2.40. The van der Waals surface area contributed by atoms with E-state index in [0.717, 1.165) is 49.2 Å². The molecule has 5 rings (SSSR count). The number of carbonyl (C=O) groups is 1. The molecule has 2 aromatic heterocycles. The van der Waals surface area contributed by atoms with E-state index in [1.807, 2.05) is 36.5 Å². The van der Waals surface area contributed by atoms with Gasteiger partial charge < -0.3 is 10.1 Å². The molecule has 0 bridgehead atoms. The Morgan fingerprint density at radius 2 is 2.03 bits per heavy atom. The van der Waals surface area contributed by atoms with Crippen LogP contribution in [-0.4, -0.2) is 40.0 Å². The van der Waals surface area contributed by atoms with Crippen molar-refractivity contribution in [1.82, 2.24) is 15.2 Å². The predicted octanol–water partition coefficient (Wildman–Crippen LogP) is 4.41. The number of benzene rings is 1. The quantitative estimate of drug-likeness (QED) is 0.627. The van der Waals surface area contributed by atoms with Crippen molar-refractivity contribution in [2.75, 3.05) is 23.3 Å². The smallest absolute Gasteiger partial charge is 0.416 e. The zero-order valence-electron chi connectivity index (χ0n) is 18.1. The summed E-state index contributed by atoms with van der Waals surface area (Å²) in [6.07, 6.45) is 6.71. The van der Waals surface area contributed by atoms with E-state index in [9.17, 15) is 4.79 Å². The molecule has 1 aliphatic carbocycles. The lowest BCUT2D eigenvalue weighted by atomic mass is 9.78. The van der Waals surface area contributed by atoms with Crippen molar-refractivity contribution in [3.63, 3.8) is 0 Å². The molecule has 0 unspecified atom stereocenters. The molecule has 8 nitrogen and oxygen atoms in total. The van der Waals surface area contributed by atoms with E-state index < -0.39 is 5.60 Å². The number of anilines is 2. The summed E-state index contributed by atoms with van der Waals surface area (Å²) >= 11 is 0. The lowest BCUT2D eigenvalue weighted by Gasteiger charge is -2.35. The van der Waals surface area contributed by atoms with Crippen LogP contribution in [0.5, 0.6) is 0 Å². The monoisotopic (exact) mass is 440 g/mol. The third-order valence-corrected chi connectivity index (χ3v) is 6.48. The van der Waals surface area contributed by atoms with Crippen molar-refractivity contribution in [2.45, 2.75) is 31.3 Å². The Kier molecular flexibility index (Phi) is 5.61. The highest BCUT2D eigenvalue weighted by Gasteiger charge is 2.48. The van der Waals surface area contributed by atoms with E-state index in [0.29, 0.717) is 23.8 Å². The average molecular weight is 441 g/mol. The standard InChI is InChI=1S/C25H24N6O2/c26-14-19-3-1-4-20(13-19)21-6-7-22(28-16-21)27-15-18-8-10-25(11-9-18)17-31(24(32)33-25)23-5-2-12-29-30-23/h1-7,12-13,16,18H,8-11,15,17H2,(H,27,28)/t18-,25-. The summed E-state index contributed by atoms with van der Waals surface area (Å²) in [4.78, 5) is 18.5. The lowest BCUT2D eigenvalue weighted by Crippen LogP contribution is -2.39. The van der Waals surface area contributed by atoms with Crippen molar-refractivity contribution in [3.8, 4) is 17.2 Å². The first-order valence-electron chi connectivity index (χ1n) is 11.1. The maximum Gasteiger partial charge on any atom is 0.416 e. The summed E-state index contributed by atoms with van der Waals surface area (Å²) in [6, 6.07) is 17.2. The van der Waals surface area contributed by atoms with Gasteiger partial charge in [0.05, 0.1) is 18.2 Å². The van der Waals surface area contributed by atoms with Crippen LogP contribution >= 0.6 is 0 Å². The molecule has 33 heavy (non-hydrogen) atoms. The molecule has 0 radical (unpaired) electrons. The number of ether oxygens (including phenoxy) is 1. The summed E-state index contributed by atoms with van der Waals surface area (Å²) < 4.78 is 5.81. The second-order valence-electron chi connectivity index (χ2n) is 8.67. The predicted molar refractivity (Wildman–Crippen MR) is 123 cm³/mol. The van der Waals surface area contributed by atoms with Crippen LogP contribution in [0, 0.1) is 17.2 Å². The van der Waals surface area contributed by atoms with Crippen LogP contribution in [0.3, 0.4) is 0 Å². The van der Waals surface area contributed by atoms with Gasteiger partial charge in [0.25, 0.3) is 0 Å². The van der Waals surface area contributed by atoms with Crippen LogP contribution < -0.4 is 10.2 Å². The summed E-state index contributed by atoms with van der Waals surface area (Å²) in [5, 5.41) is 20.4. The fourth-order valence-corrected chi connectivity index (χ4v) is 4.59. The molecule has 3 aromatic rings. The Bertz CT molecular complexity index is 1170. The first-order chi connectivity index (χ1) is 16.1. The molecule has 1 aliphatic heterocycles. The van der Waals surface area contributed by atoms with E-state index in [4.69, 9.17) is 10.00 Å². The van der Waals surface area contributed by atoms with Gasteiger partial charge in [-0.25, -0.2) is 9.78 Å². The highest BCUT2D eigenvalue weighted by atomic mass is 16.6. The molecular formula is C25H24N6O2. The number of amides is 1. The topological polar surface area (TPSA) is 104 Å². The molecule has 166 valence electrons. The van der Waals surface area contributed by atoms with Crippen molar-refractivity contribution >= 4 is 17.7 Å². The Morgan fingerprint density at radius 3 is 2.76 bits per heavy atom. The maximum atomic E-state index is 12.4. The second kappa shape index (κ2) is 8.87. The second-order valence-corrected chi connectivity index (χ2v) is 8.67. The van der Waals surface area contributed by atoms with Crippen LogP contribution in [0.15, 0.2) is 60.9 Å². The van der Waals surface area contributed by atoms with Gasteiger partial charge in [-0.3, -0.25) is 4.90 Å². The maximum absolute atomic E-state index is 12.4. The largest absolute Gasteiger partial charge is 0.441 e. The minimum absolute atomic E-state index is 0.336. The van der Waals surface area contributed by atoms with Crippen molar-refractivity contribution < 1.29 is 9.53 Å². The zero-order chi connectivity index (χ0) is 22.7. The normalized spacial score (nSPS) is 22.1. The van der Waals surface area contributed by atoms with Crippen molar-refractivity contribution in [3.05, 3.63) is 66.5 Å². The Labute approximate surface area is 192 Å². The summed E-state index contributed by atoms with van der Waals surface area (Å²) in [7, 11) is 0. The molecule has 1 aromatic carbocycles. The number of nitrogens with one attached hydrogen (secondary N) is 1. The highest BCUT2D eigenvalue weighted by molar-refractivity contribution is 5.89. The van der Waals surface area contributed by atoms with Gasteiger partial charge in [0.1, 0.15) is 11.4 Å². The van der Waals surface area contributed by atoms with Gasteiger partial charge in [-0.1, -0.05) is 12.1 Å². The number of rotatable bonds is 5. The summed E-state index contributed by atoms with van der Waals surface area (Å²) in [5.74, 6) is 1.86. The van der Waals surface area contributed by atoms with E-state index in [2.05, 4.69) is 26.6 Å². The molecule has 2 fully saturated rings. The molecule has 1 saturated carbocycles. The minimum atomic E-state index is -0.428. The molecular weight excluding hydrogens is 416 g/mol. The Morgan fingerprint density at radius 1 is 1.15 bits per heavy atom. The van der Waals surface area contributed by atoms with Gasteiger partial charge in [-0.2, -0.15) is 10.4 Å². The number of hydrogen-bond acceptors (Lipinski definition) is 7. The van der Waals surface area contributed by atoms with Crippen LogP contribution in [-0.2, 0) is 4.74 Å². The van der Waals surface area contributed by atoms with Gasteiger partial charge in [-0.15, -0.1) is 5.10 Å². The fraction of sp³-hybridized carbons (Fsp3) is 0.320. The Balaban J connectivity index is 1.14. The van der Waals surface area contributed by atoms with Crippen LogP contribution in [0.25, 0.3) is 11.1 Å². The fourth-order valence-electron chi connectivity index (χ4n) is 4.59. The molecule has 1 spiro atoms. The van der Waals surface area contributed by atoms with Gasteiger partial charge >= 0.3 is 6.09 Å². The minimum Gasteiger partial charge on any atom is -0.441 e. The van der Waals surface area contributed by atoms with Crippen LogP contribution in [0.4, 0.5) is 16.4 Å². The van der Waals surface area contributed by atoms with Gasteiger partial charge in [-0.05, 0) is 73.6 Å². The average Bonchev–Trinajstić information content (AvgIpc) is 3.20. The van der Waals surface area contributed by atoms with E-state index in [-0.39, 0.29) is 6.09 Å². The first-order valence-corrected chi connectivity index (χ1v) is 11.1. The van der Waals surface area contributed by atoms with E-state index in [1.54, 1.807) is 29.3 Å². The van der Waals surface area contributed by atoms with Crippen LogP contribution in [0.2, 0.25) is 0 Å². The lowest BCUT2D eigenvalue weighted by molar-refractivity contribution is 0.0148. The molecule has 3 heterocycles. The summed E-state index contributed by atoms with van der Waals surface area (Å²) in [6.45, 7) is 1.36. The van der Waals surface area contributed by atoms with Gasteiger partial charge in [0.15, 0.2) is 5.82 Å². The SMILES string of the molecule is N#Cc1cccc(-c2ccc(NC[C@H]3CC[C@]4(CC3)CN(c3cccnn3)C(=O)O4)nc2)c1. The number of pyridine rings is 1. The zero-order valence-corrected chi connectivity index (χ0v) is 18.1. The van der Waals surface area contributed by atoms with E-state index in [1.165, 1.54) is 0 Å². The number of nitriles is 1. The third kappa shape index (κ3) is 4.48. The molecule has 1 amide bonds. The molecule has 2 aliphatic rings. The molecule has 0 atom stereocenters. The van der Waals surface area contributed by atoms with Gasteiger partial charge in [0, 0.05) is 24.5 Å². The number of hydrogen-bond donors (Lipinski definition) is 1. The molecule has 8 heteroatoms. The third-order valence-electron chi connectivity index (χ3n) is 6.48. The molecule has 1 N–H and O–H groups in total. The first kappa shape index (κ1) is 20.9. The number of aromatic nitrogens is 3. The Hall–Kier alpha value is -3.99. The van der Waals surface area contributed by atoms with Gasteiger partial charge in [0.2, 0.25) is 0 Å².